The third-order valence-electron chi connectivity index (χ3n) is 1.98. The Morgan fingerprint density at radius 2 is 1.44 bits per heavy atom. The van der Waals surface area contributed by atoms with Crippen molar-refractivity contribution in [2.75, 3.05) is 0 Å². The summed E-state index contributed by atoms with van der Waals surface area (Å²) in [5, 5.41) is -0.965. The third kappa shape index (κ3) is 2.06. The van der Waals surface area contributed by atoms with Gasteiger partial charge in [-0.05, 0) is 12.1 Å². The standard InChI is InChI=1S/C8H3ClF7NO/c9-4-2-1-3-17(5(4)18)6(10,7(11,12)13)8(14,15)16/h1-3H. The summed E-state index contributed by atoms with van der Waals surface area (Å²) in [6.07, 6.45) is -12.7. The Hall–Kier alpha value is -1.25. The van der Waals surface area contributed by atoms with Gasteiger partial charge in [-0.2, -0.15) is 30.7 Å². The average Bonchev–Trinajstić information content (AvgIpc) is 2.17. The molecular formula is C8H3ClF7NO. The van der Waals surface area contributed by atoms with Crippen LogP contribution in [0.25, 0.3) is 0 Å². The summed E-state index contributed by atoms with van der Waals surface area (Å²) >= 11 is 5.09. The number of nitrogens with zero attached hydrogens (tertiary/aromatic N) is 1. The normalized spacial score (nSPS) is 13.8. The van der Waals surface area contributed by atoms with E-state index in [0.29, 0.717) is 6.07 Å². The van der Waals surface area contributed by atoms with E-state index in [1.165, 1.54) is 0 Å². The molecule has 0 aliphatic rings. The molecule has 1 heterocycles. The van der Waals surface area contributed by atoms with E-state index in [9.17, 15) is 35.5 Å². The molecule has 0 unspecified atom stereocenters. The fourth-order valence-electron chi connectivity index (χ4n) is 1.14. The molecule has 10 heteroatoms. The Labute approximate surface area is 99.6 Å². The molecule has 0 atom stereocenters. The predicted octanol–water partition coefficient (Wildman–Crippen LogP) is 3.25. The first kappa shape index (κ1) is 14.8. The predicted molar refractivity (Wildman–Crippen MR) is 46.9 cm³/mol. The van der Waals surface area contributed by atoms with Gasteiger partial charge in [0.2, 0.25) is 0 Å². The second kappa shape index (κ2) is 4.15. The van der Waals surface area contributed by atoms with Gasteiger partial charge >= 0.3 is 18.1 Å². The number of hydrogen-bond donors (Lipinski definition) is 0. The molecule has 0 bridgehead atoms. The highest BCUT2D eigenvalue weighted by Gasteiger charge is 2.74. The van der Waals surface area contributed by atoms with E-state index in [-0.39, 0.29) is 6.20 Å². The Kier molecular flexibility index (Phi) is 3.41. The lowest BCUT2D eigenvalue weighted by molar-refractivity contribution is -0.378. The third-order valence-corrected chi connectivity index (χ3v) is 2.27. The number of pyridine rings is 1. The number of alkyl halides is 7. The minimum absolute atomic E-state index is 0.0230. The number of aromatic nitrogens is 1. The van der Waals surface area contributed by atoms with Crippen molar-refractivity contribution < 1.29 is 30.7 Å². The maximum atomic E-state index is 13.4. The van der Waals surface area contributed by atoms with E-state index in [1.54, 1.807) is 0 Å². The average molecular weight is 298 g/mol. The second-order valence-electron chi connectivity index (χ2n) is 3.15. The van der Waals surface area contributed by atoms with Crippen molar-refractivity contribution in [1.29, 1.82) is 0 Å². The molecular weight excluding hydrogens is 295 g/mol. The van der Waals surface area contributed by atoms with E-state index in [4.69, 9.17) is 11.6 Å². The van der Waals surface area contributed by atoms with Crippen LogP contribution in [0.5, 0.6) is 0 Å². The second-order valence-corrected chi connectivity index (χ2v) is 3.56. The maximum absolute atomic E-state index is 13.4. The van der Waals surface area contributed by atoms with Crippen molar-refractivity contribution in [2.24, 2.45) is 0 Å². The van der Waals surface area contributed by atoms with Gasteiger partial charge in [-0.3, -0.25) is 9.36 Å². The quantitative estimate of drug-likeness (QED) is 0.729. The van der Waals surface area contributed by atoms with Gasteiger partial charge in [0.05, 0.1) is 0 Å². The SMILES string of the molecule is O=c1c(Cl)cccn1C(F)(C(F)(F)F)C(F)(F)F. The van der Waals surface area contributed by atoms with Gasteiger partial charge in [-0.1, -0.05) is 11.6 Å². The van der Waals surface area contributed by atoms with Gasteiger partial charge < -0.3 is 0 Å². The Morgan fingerprint density at radius 1 is 1.00 bits per heavy atom. The number of rotatable bonds is 1. The summed E-state index contributed by atoms with van der Waals surface area (Å²) < 4.78 is 86.1. The first-order chi connectivity index (χ1) is 7.93. The van der Waals surface area contributed by atoms with Crippen molar-refractivity contribution in [2.45, 2.75) is 18.1 Å². The Bertz CT molecular complexity index is 489. The van der Waals surface area contributed by atoms with E-state index in [2.05, 4.69) is 0 Å². The Balaban J connectivity index is 3.67. The van der Waals surface area contributed by atoms with Gasteiger partial charge in [0, 0.05) is 6.20 Å². The summed E-state index contributed by atoms with van der Waals surface area (Å²) in [4.78, 5) is 11.1. The lowest BCUT2D eigenvalue weighted by Crippen LogP contribution is -2.58. The molecule has 1 aromatic rings. The fourth-order valence-corrected chi connectivity index (χ4v) is 1.31. The van der Waals surface area contributed by atoms with Crippen LogP contribution in [0.15, 0.2) is 23.1 Å². The minimum Gasteiger partial charge on any atom is -0.268 e. The molecule has 102 valence electrons. The highest BCUT2D eigenvalue weighted by atomic mass is 35.5. The number of hydrogen-bond acceptors (Lipinski definition) is 1. The fraction of sp³-hybridized carbons (Fsp3) is 0.375. The summed E-state index contributed by atoms with van der Waals surface area (Å²) in [5.74, 6) is -5.83. The lowest BCUT2D eigenvalue weighted by atomic mass is 10.2. The first-order valence-electron chi connectivity index (χ1n) is 4.13. The molecule has 18 heavy (non-hydrogen) atoms. The van der Waals surface area contributed by atoms with Gasteiger partial charge in [0.15, 0.2) is 0 Å². The molecule has 0 radical (unpaired) electrons. The van der Waals surface area contributed by atoms with Crippen LogP contribution in [-0.2, 0) is 5.79 Å². The maximum Gasteiger partial charge on any atom is 0.452 e. The van der Waals surface area contributed by atoms with Gasteiger partial charge in [-0.15, -0.1) is 0 Å². The molecule has 1 aromatic heterocycles. The molecule has 0 N–H and O–H groups in total. The molecule has 0 saturated heterocycles. The molecule has 0 aliphatic carbocycles. The summed E-state index contributed by atoms with van der Waals surface area (Å²) in [6.45, 7) is 0. The summed E-state index contributed by atoms with van der Waals surface area (Å²) in [6, 6.07) is 1.34. The molecule has 2 nitrogen and oxygen atoms in total. The van der Waals surface area contributed by atoms with Crippen LogP contribution < -0.4 is 5.56 Å². The van der Waals surface area contributed by atoms with Crippen molar-refractivity contribution in [3.63, 3.8) is 0 Å². The number of halogens is 8. The largest absolute Gasteiger partial charge is 0.452 e. The van der Waals surface area contributed by atoms with Crippen molar-refractivity contribution in [3.05, 3.63) is 33.7 Å². The van der Waals surface area contributed by atoms with Crippen LogP contribution in [0.2, 0.25) is 5.02 Å². The zero-order valence-corrected chi connectivity index (χ0v) is 8.87. The molecule has 0 spiro atoms. The van der Waals surface area contributed by atoms with Crippen LogP contribution in [0.3, 0.4) is 0 Å². The Morgan fingerprint density at radius 3 is 1.83 bits per heavy atom. The van der Waals surface area contributed by atoms with Crippen LogP contribution >= 0.6 is 11.6 Å². The van der Waals surface area contributed by atoms with E-state index < -0.39 is 33.3 Å². The smallest absolute Gasteiger partial charge is 0.268 e. The molecule has 0 amide bonds. The highest BCUT2D eigenvalue weighted by molar-refractivity contribution is 6.30. The van der Waals surface area contributed by atoms with Crippen molar-refractivity contribution in [1.82, 2.24) is 4.57 Å². The van der Waals surface area contributed by atoms with E-state index >= 15 is 0 Å². The molecule has 1 rings (SSSR count). The molecule has 0 aliphatic heterocycles. The highest BCUT2D eigenvalue weighted by Crippen LogP contribution is 2.49. The van der Waals surface area contributed by atoms with Gasteiger partial charge in [-0.25, -0.2) is 0 Å². The van der Waals surface area contributed by atoms with E-state index in [0.717, 1.165) is 6.07 Å². The lowest BCUT2D eigenvalue weighted by Gasteiger charge is -2.31. The van der Waals surface area contributed by atoms with Crippen molar-refractivity contribution >= 4 is 11.6 Å². The molecule has 0 fully saturated rings. The summed E-state index contributed by atoms with van der Waals surface area (Å²) in [5.41, 5.74) is -1.93. The topological polar surface area (TPSA) is 22.0 Å². The summed E-state index contributed by atoms with van der Waals surface area (Å²) in [7, 11) is 0. The molecule has 0 aromatic carbocycles. The minimum atomic E-state index is -6.36. The van der Waals surface area contributed by atoms with Crippen LogP contribution in [-0.4, -0.2) is 16.9 Å². The molecule has 0 saturated carbocycles. The zero-order valence-electron chi connectivity index (χ0n) is 8.11. The van der Waals surface area contributed by atoms with Gasteiger partial charge in [0.25, 0.3) is 5.56 Å². The van der Waals surface area contributed by atoms with Crippen LogP contribution in [0, 0.1) is 0 Å². The van der Waals surface area contributed by atoms with Gasteiger partial charge in [0.1, 0.15) is 5.02 Å². The monoisotopic (exact) mass is 297 g/mol. The van der Waals surface area contributed by atoms with Crippen molar-refractivity contribution in [3.8, 4) is 0 Å². The van der Waals surface area contributed by atoms with Crippen LogP contribution in [0.1, 0.15) is 0 Å². The zero-order chi connectivity index (χ0) is 14.4. The van der Waals surface area contributed by atoms with E-state index in [1.807, 2.05) is 0 Å². The first-order valence-corrected chi connectivity index (χ1v) is 4.50. The van der Waals surface area contributed by atoms with Crippen LogP contribution in [0.4, 0.5) is 30.7 Å².